The molecule has 4 nitrogen and oxygen atoms in total. The molecule has 1 aliphatic heterocycles. The smallest absolute Gasteiger partial charge is 0.424 e. The number of hydrogen-bond acceptors (Lipinski definition) is 4. The van der Waals surface area contributed by atoms with E-state index in [0.29, 0.717) is 5.56 Å². The Kier molecular flexibility index (Phi) is 7.48. The Morgan fingerprint density at radius 1 is 0.789 bits per heavy atom. The molecule has 2 N–H and O–H groups in total. The van der Waals surface area contributed by atoms with E-state index in [-0.39, 0.29) is 24.0 Å². The summed E-state index contributed by atoms with van der Waals surface area (Å²) in [6.45, 7) is 0. The topological polar surface area (TPSA) is 50.4 Å². The summed E-state index contributed by atoms with van der Waals surface area (Å²) in [4.78, 5) is 11.9. The summed E-state index contributed by atoms with van der Waals surface area (Å²) < 4.78 is 111. The molecular formula is C26H20F8N2O2. The molecule has 1 fully saturated rings. The monoisotopic (exact) mass is 544 g/mol. The van der Waals surface area contributed by atoms with Crippen LogP contribution in [0.4, 0.5) is 35.1 Å². The van der Waals surface area contributed by atoms with Gasteiger partial charge in [-0.1, -0.05) is 36.4 Å². The van der Waals surface area contributed by atoms with E-state index in [1.807, 2.05) is 0 Å². The van der Waals surface area contributed by atoms with Gasteiger partial charge in [-0.3, -0.25) is 10.6 Å². The number of esters is 1. The molecule has 0 saturated carbocycles. The van der Waals surface area contributed by atoms with Crippen molar-refractivity contribution >= 4 is 5.97 Å². The van der Waals surface area contributed by atoms with Gasteiger partial charge in [-0.15, -0.1) is 0 Å². The van der Waals surface area contributed by atoms with E-state index in [0.717, 1.165) is 48.5 Å². The lowest BCUT2D eigenvalue weighted by atomic mass is 9.95. The van der Waals surface area contributed by atoms with E-state index < -0.39 is 53.5 Å². The van der Waals surface area contributed by atoms with Crippen LogP contribution in [0.1, 0.15) is 40.8 Å². The zero-order valence-electron chi connectivity index (χ0n) is 19.3. The molecular weight excluding hydrogens is 524 g/mol. The molecule has 0 aliphatic carbocycles. The van der Waals surface area contributed by atoms with Crippen molar-refractivity contribution in [3.8, 4) is 0 Å². The molecule has 202 valence electrons. The van der Waals surface area contributed by atoms with Gasteiger partial charge >= 0.3 is 18.3 Å². The van der Waals surface area contributed by atoms with Crippen molar-refractivity contribution in [2.24, 2.45) is 0 Å². The summed E-state index contributed by atoms with van der Waals surface area (Å²) in [5.41, 5.74) is -0.0492. The second-order valence-electron chi connectivity index (χ2n) is 8.76. The zero-order chi connectivity index (χ0) is 27.7. The average Bonchev–Trinajstić information content (AvgIpc) is 3.22. The highest BCUT2D eigenvalue weighted by Gasteiger charge is 2.52. The van der Waals surface area contributed by atoms with Gasteiger partial charge in [-0.2, -0.15) is 26.3 Å². The fourth-order valence-electron chi connectivity index (χ4n) is 4.31. The maximum Gasteiger partial charge on any atom is 0.491 e. The maximum atomic E-state index is 14.0. The minimum absolute atomic E-state index is 0.116. The molecule has 0 aromatic heterocycles. The summed E-state index contributed by atoms with van der Waals surface area (Å²) in [6, 6.07) is 12.3. The van der Waals surface area contributed by atoms with E-state index in [9.17, 15) is 39.9 Å². The molecule has 1 heterocycles. The number of hydrogen-bond donors (Lipinski definition) is 2. The van der Waals surface area contributed by atoms with Crippen molar-refractivity contribution in [3.63, 3.8) is 0 Å². The highest BCUT2D eigenvalue weighted by Crippen LogP contribution is 2.40. The molecule has 1 aliphatic rings. The van der Waals surface area contributed by atoms with E-state index in [4.69, 9.17) is 4.74 Å². The Labute approximate surface area is 211 Å². The summed E-state index contributed by atoms with van der Waals surface area (Å²) in [5, 5.41) is 5.60. The number of rotatable bonds is 6. The normalized spacial score (nSPS) is 21.9. The average molecular weight is 544 g/mol. The summed E-state index contributed by atoms with van der Waals surface area (Å²) in [7, 11) is 0. The third-order valence-electron chi connectivity index (χ3n) is 6.07. The number of halogens is 8. The summed E-state index contributed by atoms with van der Waals surface area (Å²) in [6.07, 6.45) is -10.4. The number of carbonyl (C=O) groups excluding carboxylic acids is 1. The van der Waals surface area contributed by atoms with Crippen LogP contribution in [0.5, 0.6) is 0 Å². The number of benzene rings is 3. The Morgan fingerprint density at radius 2 is 1.29 bits per heavy atom. The molecule has 2 unspecified atom stereocenters. The van der Waals surface area contributed by atoms with Gasteiger partial charge < -0.3 is 4.74 Å². The van der Waals surface area contributed by atoms with Gasteiger partial charge in [0.1, 0.15) is 11.6 Å². The molecule has 3 aromatic rings. The summed E-state index contributed by atoms with van der Waals surface area (Å²) in [5.74, 6) is -6.00. The minimum atomic E-state index is -5.37. The van der Waals surface area contributed by atoms with Crippen LogP contribution in [0.15, 0.2) is 72.8 Å². The molecule has 1 saturated heterocycles. The van der Waals surface area contributed by atoms with Gasteiger partial charge in [0.15, 0.2) is 0 Å². The number of carbonyl (C=O) groups is 1. The first kappa shape index (κ1) is 27.5. The number of alkyl halides is 6. The van der Waals surface area contributed by atoms with Crippen LogP contribution in [0.25, 0.3) is 0 Å². The van der Waals surface area contributed by atoms with Crippen molar-refractivity contribution in [1.82, 2.24) is 10.6 Å². The highest BCUT2D eigenvalue weighted by atomic mass is 19.4. The SMILES string of the molecule is O=C(OC1(CCc2ccc(C(F)(F)F)cc2)NC(c2cccc(F)c2)C(c2cccc(F)c2)N1)C(F)(F)F. The van der Waals surface area contributed by atoms with E-state index in [1.165, 1.54) is 24.3 Å². The molecule has 0 bridgehead atoms. The van der Waals surface area contributed by atoms with Gasteiger partial charge in [0.05, 0.1) is 17.6 Å². The van der Waals surface area contributed by atoms with E-state index in [1.54, 1.807) is 0 Å². The molecule has 0 amide bonds. The maximum absolute atomic E-state index is 14.0. The van der Waals surface area contributed by atoms with Crippen LogP contribution >= 0.6 is 0 Å². The second kappa shape index (κ2) is 10.3. The molecule has 0 spiro atoms. The lowest BCUT2D eigenvalue weighted by Crippen LogP contribution is -2.55. The van der Waals surface area contributed by atoms with Crippen LogP contribution < -0.4 is 10.6 Å². The number of ether oxygens (including phenoxy) is 1. The first-order valence-electron chi connectivity index (χ1n) is 11.3. The minimum Gasteiger partial charge on any atom is -0.424 e. The highest BCUT2D eigenvalue weighted by molar-refractivity contribution is 5.76. The second-order valence-corrected chi connectivity index (χ2v) is 8.76. The first-order chi connectivity index (χ1) is 17.8. The van der Waals surface area contributed by atoms with Crippen LogP contribution in [0.2, 0.25) is 0 Å². The van der Waals surface area contributed by atoms with Gasteiger partial charge in [0, 0.05) is 6.42 Å². The predicted octanol–water partition coefficient (Wildman–Crippen LogP) is 6.35. The molecule has 4 rings (SSSR count). The van der Waals surface area contributed by atoms with Crippen molar-refractivity contribution < 1.29 is 44.7 Å². The van der Waals surface area contributed by atoms with Crippen LogP contribution in [-0.4, -0.2) is 18.0 Å². The van der Waals surface area contributed by atoms with Gasteiger partial charge in [0.2, 0.25) is 5.85 Å². The number of nitrogens with one attached hydrogen (secondary N) is 2. The Balaban J connectivity index is 1.70. The number of aryl methyl sites for hydroxylation is 1. The lowest BCUT2D eigenvalue weighted by molar-refractivity contribution is -0.219. The Bertz CT molecular complexity index is 1240. The van der Waals surface area contributed by atoms with Crippen LogP contribution in [-0.2, 0) is 22.1 Å². The van der Waals surface area contributed by atoms with E-state index >= 15 is 0 Å². The Hall–Kier alpha value is -3.51. The lowest BCUT2D eigenvalue weighted by Gasteiger charge is -2.31. The van der Waals surface area contributed by atoms with Crippen molar-refractivity contribution in [1.29, 1.82) is 0 Å². The molecule has 38 heavy (non-hydrogen) atoms. The van der Waals surface area contributed by atoms with Gasteiger partial charge in [0.25, 0.3) is 0 Å². The molecule has 0 radical (unpaired) electrons. The predicted molar refractivity (Wildman–Crippen MR) is 119 cm³/mol. The Morgan fingerprint density at radius 3 is 1.71 bits per heavy atom. The first-order valence-corrected chi connectivity index (χ1v) is 11.3. The van der Waals surface area contributed by atoms with Gasteiger partial charge in [-0.05, 0) is 59.5 Å². The van der Waals surface area contributed by atoms with Crippen molar-refractivity contribution in [2.75, 3.05) is 0 Å². The third-order valence-corrected chi connectivity index (χ3v) is 6.07. The van der Waals surface area contributed by atoms with Gasteiger partial charge in [-0.25, -0.2) is 13.6 Å². The molecule has 12 heteroatoms. The van der Waals surface area contributed by atoms with Crippen molar-refractivity contribution in [3.05, 3.63) is 107 Å². The van der Waals surface area contributed by atoms with E-state index in [2.05, 4.69) is 10.6 Å². The zero-order valence-corrected chi connectivity index (χ0v) is 19.3. The van der Waals surface area contributed by atoms with Crippen LogP contribution in [0.3, 0.4) is 0 Å². The molecule has 3 aromatic carbocycles. The van der Waals surface area contributed by atoms with Crippen LogP contribution in [0, 0.1) is 11.6 Å². The molecule has 2 atom stereocenters. The largest absolute Gasteiger partial charge is 0.491 e. The summed E-state index contributed by atoms with van der Waals surface area (Å²) >= 11 is 0. The third kappa shape index (κ3) is 6.30. The van der Waals surface area contributed by atoms with Crippen molar-refractivity contribution in [2.45, 2.75) is 43.1 Å². The fraction of sp³-hybridized carbons (Fsp3) is 0.269. The fourth-order valence-corrected chi connectivity index (χ4v) is 4.31. The quantitative estimate of drug-likeness (QED) is 0.281. The standard InChI is InChI=1S/C26H20F8N2O2/c27-19-5-1-3-16(13-19)21-22(17-4-2-6-20(28)14-17)36-24(35-21,38-23(37)26(32,33)34)12-11-15-7-9-18(10-8-15)25(29,30)31/h1-10,13-14,21-22,35-36H,11-12H2.